The second-order valence-electron chi connectivity index (χ2n) is 5.90. The summed E-state index contributed by atoms with van der Waals surface area (Å²) >= 11 is 0. The summed E-state index contributed by atoms with van der Waals surface area (Å²) in [6, 6.07) is 16.6. The number of aliphatic imine (C=N–C) groups is 1. The van der Waals surface area contributed by atoms with Gasteiger partial charge in [-0.15, -0.1) is 6.42 Å². The van der Waals surface area contributed by atoms with Crippen molar-refractivity contribution < 1.29 is 9.84 Å². The quantitative estimate of drug-likeness (QED) is 0.523. The first-order chi connectivity index (χ1) is 13.1. The van der Waals surface area contributed by atoms with Crippen molar-refractivity contribution in [1.82, 2.24) is 9.78 Å². The van der Waals surface area contributed by atoms with Crippen molar-refractivity contribution in [1.29, 1.82) is 0 Å². The smallest absolute Gasteiger partial charge is 0.277 e. The van der Waals surface area contributed by atoms with E-state index in [1.807, 2.05) is 30.3 Å². The molecule has 0 saturated carbocycles. The van der Waals surface area contributed by atoms with E-state index in [1.54, 1.807) is 31.2 Å². The first-order valence-electron chi connectivity index (χ1n) is 8.36. The molecule has 0 spiro atoms. The molecule has 136 valence electrons. The van der Waals surface area contributed by atoms with Gasteiger partial charge in [0.2, 0.25) is 5.88 Å². The lowest BCUT2D eigenvalue weighted by molar-refractivity contribution is 0.370. The number of aromatic nitrogens is 2. The lowest BCUT2D eigenvalue weighted by Crippen LogP contribution is -2.11. The highest BCUT2D eigenvalue weighted by atomic mass is 16.5. The van der Waals surface area contributed by atoms with E-state index in [9.17, 15) is 9.90 Å². The summed E-state index contributed by atoms with van der Waals surface area (Å²) in [7, 11) is 0. The van der Waals surface area contributed by atoms with E-state index in [-0.39, 0.29) is 18.1 Å². The molecule has 0 bridgehead atoms. The number of terminal acetylenes is 1. The van der Waals surface area contributed by atoms with Crippen LogP contribution in [0.2, 0.25) is 0 Å². The van der Waals surface area contributed by atoms with Crippen LogP contribution in [-0.2, 0) is 6.54 Å². The monoisotopic (exact) mass is 361 g/mol. The Labute approximate surface area is 156 Å². The molecule has 27 heavy (non-hydrogen) atoms. The van der Waals surface area contributed by atoms with Crippen LogP contribution in [0, 0.1) is 12.3 Å². The number of benzene rings is 2. The average molecular weight is 361 g/mol. The molecule has 6 nitrogen and oxygen atoms in total. The molecule has 0 radical (unpaired) electrons. The van der Waals surface area contributed by atoms with Crippen LogP contribution in [0.25, 0.3) is 0 Å². The van der Waals surface area contributed by atoms with Gasteiger partial charge in [-0.3, -0.25) is 14.9 Å². The van der Waals surface area contributed by atoms with Crippen molar-refractivity contribution in [3.63, 3.8) is 0 Å². The fourth-order valence-corrected chi connectivity index (χ4v) is 2.69. The van der Waals surface area contributed by atoms with E-state index in [2.05, 4.69) is 16.0 Å². The molecule has 0 amide bonds. The maximum Gasteiger partial charge on any atom is 0.277 e. The van der Waals surface area contributed by atoms with Crippen LogP contribution < -0.4 is 10.3 Å². The van der Waals surface area contributed by atoms with Gasteiger partial charge < -0.3 is 9.84 Å². The average Bonchev–Trinajstić information content (AvgIpc) is 2.94. The van der Waals surface area contributed by atoms with Gasteiger partial charge in [0.15, 0.2) is 0 Å². The first-order valence-corrected chi connectivity index (χ1v) is 8.36. The highest BCUT2D eigenvalue weighted by Gasteiger charge is 2.17. The Bertz CT molecular complexity index is 1060. The van der Waals surface area contributed by atoms with Crippen molar-refractivity contribution in [3.8, 4) is 24.0 Å². The Balaban J connectivity index is 1.89. The molecular weight excluding hydrogens is 342 g/mol. The number of nitrogens with one attached hydrogen (secondary N) is 1. The first kappa shape index (κ1) is 18.1. The van der Waals surface area contributed by atoms with Gasteiger partial charge in [-0.2, -0.15) is 0 Å². The standard InChI is InChI=1S/C21H19N3O3/c1-3-12-27-18-11-7-10-17(13-18)22-15(2)19-20(25)23-24(21(19)26)14-16-8-5-4-6-9-16/h1,4-11,13,26H,12,14H2,2H3,(H,23,25). The topological polar surface area (TPSA) is 79.6 Å². The number of aromatic amines is 1. The van der Waals surface area contributed by atoms with Gasteiger partial charge in [0.05, 0.1) is 17.9 Å². The lowest BCUT2D eigenvalue weighted by atomic mass is 10.2. The third-order valence-electron chi connectivity index (χ3n) is 3.92. The molecule has 1 heterocycles. The Morgan fingerprint density at radius 3 is 2.78 bits per heavy atom. The fourth-order valence-electron chi connectivity index (χ4n) is 2.69. The minimum atomic E-state index is -0.399. The predicted molar refractivity (Wildman–Crippen MR) is 105 cm³/mol. The zero-order valence-corrected chi connectivity index (χ0v) is 14.8. The summed E-state index contributed by atoms with van der Waals surface area (Å²) in [5.74, 6) is 2.84. The fraction of sp³-hybridized carbons (Fsp3) is 0.143. The molecule has 1 aromatic heterocycles. The highest BCUT2D eigenvalue weighted by molar-refractivity contribution is 6.01. The summed E-state index contributed by atoms with van der Waals surface area (Å²) in [6.07, 6.45) is 5.19. The summed E-state index contributed by atoms with van der Waals surface area (Å²) in [6.45, 7) is 2.19. The van der Waals surface area contributed by atoms with Gasteiger partial charge in [-0.25, -0.2) is 4.68 Å². The van der Waals surface area contributed by atoms with E-state index < -0.39 is 5.56 Å². The normalized spacial score (nSPS) is 11.2. The molecule has 0 aliphatic heterocycles. The zero-order chi connectivity index (χ0) is 19.2. The van der Waals surface area contributed by atoms with Crippen molar-refractivity contribution >= 4 is 11.4 Å². The van der Waals surface area contributed by atoms with Crippen LogP contribution in [0.15, 0.2) is 64.4 Å². The largest absolute Gasteiger partial charge is 0.493 e. The maximum atomic E-state index is 12.3. The molecule has 0 saturated heterocycles. The summed E-state index contributed by atoms with van der Waals surface area (Å²) in [4.78, 5) is 16.8. The number of ether oxygens (including phenoxy) is 1. The molecule has 3 rings (SSSR count). The summed E-state index contributed by atoms with van der Waals surface area (Å²) in [5, 5.41) is 13.1. The van der Waals surface area contributed by atoms with Crippen LogP contribution >= 0.6 is 0 Å². The molecule has 0 atom stereocenters. The van der Waals surface area contributed by atoms with Crippen molar-refractivity contribution in [2.24, 2.45) is 4.99 Å². The third-order valence-corrected chi connectivity index (χ3v) is 3.92. The number of nitrogens with zero attached hydrogens (tertiary/aromatic N) is 2. The minimum absolute atomic E-state index is 0.140. The van der Waals surface area contributed by atoms with Gasteiger partial charge in [0.1, 0.15) is 17.9 Å². The number of hydrogen-bond acceptors (Lipinski definition) is 4. The lowest BCUT2D eigenvalue weighted by Gasteiger charge is -2.05. The van der Waals surface area contributed by atoms with Crippen molar-refractivity contribution in [3.05, 3.63) is 76.1 Å². The van der Waals surface area contributed by atoms with Gasteiger partial charge in [-0.1, -0.05) is 42.3 Å². The molecule has 3 aromatic rings. The molecule has 6 heteroatoms. The molecule has 0 aliphatic carbocycles. The molecule has 2 N–H and O–H groups in total. The summed E-state index contributed by atoms with van der Waals surface area (Å²) < 4.78 is 6.78. The van der Waals surface area contributed by atoms with E-state index in [0.717, 1.165) is 5.56 Å². The van der Waals surface area contributed by atoms with E-state index in [4.69, 9.17) is 11.2 Å². The highest BCUT2D eigenvalue weighted by Crippen LogP contribution is 2.22. The Kier molecular flexibility index (Phi) is 5.43. The second-order valence-corrected chi connectivity index (χ2v) is 5.90. The van der Waals surface area contributed by atoms with Crippen LogP contribution in [0.3, 0.4) is 0 Å². The number of hydrogen-bond donors (Lipinski definition) is 2. The van der Waals surface area contributed by atoms with Crippen LogP contribution in [0.5, 0.6) is 11.6 Å². The van der Waals surface area contributed by atoms with Gasteiger partial charge in [0.25, 0.3) is 5.56 Å². The van der Waals surface area contributed by atoms with Crippen molar-refractivity contribution in [2.75, 3.05) is 6.61 Å². The molecule has 0 aliphatic rings. The Morgan fingerprint density at radius 1 is 1.26 bits per heavy atom. The van der Waals surface area contributed by atoms with Crippen LogP contribution in [0.1, 0.15) is 18.1 Å². The van der Waals surface area contributed by atoms with Gasteiger partial charge >= 0.3 is 0 Å². The molecule has 0 unspecified atom stereocenters. The zero-order valence-electron chi connectivity index (χ0n) is 14.8. The molecular formula is C21H19N3O3. The van der Waals surface area contributed by atoms with Crippen molar-refractivity contribution in [2.45, 2.75) is 13.5 Å². The van der Waals surface area contributed by atoms with Gasteiger partial charge in [0, 0.05) is 6.07 Å². The number of aromatic hydroxyl groups is 1. The Hall–Kier alpha value is -3.72. The third kappa shape index (κ3) is 4.28. The van der Waals surface area contributed by atoms with E-state index >= 15 is 0 Å². The summed E-state index contributed by atoms with van der Waals surface area (Å²) in [5.41, 5.74) is 1.69. The van der Waals surface area contributed by atoms with E-state index in [1.165, 1.54) is 4.68 Å². The Morgan fingerprint density at radius 2 is 2.04 bits per heavy atom. The molecule has 0 fully saturated rings. The second kappa shape index (κ2) is 8.11. The minimum Gasteiger partial charge on any atom is -0.493 e. The van der Waals surface area contributed by atoms with Crippen LogP contribution in [-0.4, -0.2) is 27.2 Å². The molecule has 2 aromatic carbocycles. The van der Waals surface area contributed by atoms with Gasteiger partial charge in [-0.05, 0) is 24.6 Å². The van der Waals surface area contributed by atoms with E-state index in [0.29, 0.717) is 23.7 Å². The predicted octanol–water partition coefficient (Wildman–Crippen LogP) is 3.08. The maximum absolute atomic E-state index is 12.3. The number of H-pyrrole nitrogens is 1. The SMILES string of the molecule is C#CCOc1cccc(N=C(C)c2c(O)n(Cc3ccccc3)[nH]c2=O)c1. The number of rotatable bonds is 6. The van der Waals surface area contributed by atoms with Crippen LogP contribution in [0.4, 0.5) is 5.69 Å².